The van der Waals surface area contributed by atoms with Gasteiger partial charge in [-0.3, -0.25) is 19.8 Å². The van der Waals surface area contributed by atoms with Crippen molar-refractivity contribution in [2.45, 2.75) is 39.3 Å². The number of amides is 3. The summed E-state index contributed by atoms with van der Waals surface area (Å²) < 4.78 is 6.00. The summed E-state index contributed by atoms with van der Waals surface area (Å²) in [7, 11) is 0. The van der Waals surface area contributed by atoms with Crippen LogP contribution in [0.3, 0.4) is 0 Å². The molecule has 4 N–H and O–H groups in total. The number of para-hydroxylation sites is 1. The van der Waals surface area contributed by atoms with Crippen LogP contribution in [-0.4, -0.2) is 50.7 Å². The number of nitrogens with zero attached hydrogens (tertiary/aromatic N) is 2. The molecule has 2 aromatic carbocycles. The average molecular weight is 521 g/mol. The summed E-state index contributed by atoms with van der Waals surface area (Å²) in [6, 6.07) is 16.0. The van der Waals surface area contributed by atoms with Crippen LogP contribution in [-0.2, 0) is 16.2 Å². The third-order valence-corrected chi connectivity index (χ3v) is 7.29. The highest BCUT2D eigenvalue weighted by molar-refractivity contribution is 5.96. The van der Waals surface area contributed by atoms with Crippen LogP contribution in [0.2, 0.25) is 0 Å². The zero-order valence-electron chi connectivity index (χ0n) is 21.3. The Morgan fingerprint density at radius 3 is 2.53 bits per heavy atom. The van der Waals surface area contributed by atoms with Gasteiger partial charge in [-0.1, -0.05) is 44.5 Å². The largest absolute Gasteiger partial charge is 0.488 e. The monoisotopic (exact) mass is 520 g/mol. The number of hydrogen-bond acceptors (Lipinski definition) is 6. The summed E-state index contributed by atoms with van der Waals surface area (Å²) in [5, 5.41) is 22.9. The molecule has 4 atom stereocenters. The Morgan fingerprint density at radius 2 is 1.84 bits per heavy atom. The van der Waals surface area contributed by atoms with E-state index in [-0.39, 0.29) is 18.9 Å². The Labute approximate surface area is 220 Å². The van der Waals surface area contributed by atoms with Gasteiger partial charge < -0.3 is 20.1 Å². The molecule has 4 rings (SSSR count). The van der Waals surface area contributed by atoms with Crippen LogP contribution in [0.4, 0.5) is 10.5 Å². The summed E-state index contributed by atoms with van der Waals surface area (Å²) in [4.78, 5) is 43.4. The molecule has 0 radical (unpaired) electrons. The lowest BCUT2D eigenvalue weighted by Gasteiger charge is -2.45. The summed E-state index contributed by atoms with van der Waals surface area (Å²) in [6.07, 6.45) is 1.32. The number of anilines is 1. The number of likely N-dealkylation sites (tertiary alicyclic amines) is 1. The zero-order valence-corrected chi connectivity index (χ0v) is 21.3. The predicted molar refractivity (Wildman–Crippen MR) is 141 cm³/mol. The summed E-state index contributed by atoms with van der Waals surface area (Å²) >= 11 is 0. The standard InChI is InChI=1S/C28H32N4O6/c1-3-17(2)25-24(27(34)31-37)21(13-15-32(25)28(35)36)26(33)30-19-10-8-18(9-11-19)16-38-23-12-14-29-22-7-5-4-6-20(22)23/h4-12,14,17,21,24-25,37H,3,13,15-16H2,1-2H3,(H,30,33)(H,31,34)(H,35,36)/t17?,21?,24-,25?/m1/s1. The van der Waals surface area contributed by atoms with Crippen molar-refractivity contribution in [2.75, 3.05) is 11.9 Å². The van der Waals surface area contributed by atoms with Crippen LogP contribution in [0.5, 0.6) is 5.75 Å². The van der Waals surface area contributed by atoms with E-state index in [9.17, 15) is 24.7 Å². The second kappa shape index (κ2) is 11.9. The van der Waals surface area contributed by atoms with Gasteiger partial charge in [0.05, 0.1) is 23.4 Å². The number of hydroxylamine groups is 1. The fourth-order valence-electron chi connectivity index (χ4n) is 5.15. The summed E-state index contributed by atoms with van der Waals surface area (Å²) in [5.41, 5.74) is 3.92. The minimum Gasteiger partial charge on any atom is -0.488 e. The maximum Gasteiger partial charge on any atom is 0.407 e. The van der Waals surface area contributed by atoms with Gasteiger partial charge in [-0.25, -0.2) is 10.3 Å². The first-order valence-corrected chi connectivity index (χ1v) is 12.6. The number of carbonyl (C=O) groups excluding carboxylic acids is 2. The van der Waals surface area contributed by atoms with E-state index in [4.69, 9.17) is 4.74 Å². The van der Waals surface area contributed by atoms with E-state index >= 15 is 0 Å². The van der Waals surface area contributed by atoms with Gasteiger partial charge in [0.25, 0.3) is 0 Å². The number of ether oxygens (including phenoxy) is 1. The highest BCUT2D eigenvalue weighted by Gasteiger charge is 2.48. The van der Waals surface area contributed by atoms with Crippen molar-refractivity contribution >= 4 is 34.5 Å². The Hall–Kier alpha value is -4.18. The molecular formula is C28H32N4O6. The van der Waals surface area contributed by atoms with Gasteiger partial charge >= 0.3 is 6.09 Å². The lowest BCUT2D eigenvalue weighted by Crippen LogP contribution is -2.60. The average Bonchev–Trinajstić information content (AvgIpc) is 2.95. The van der Waals surface area contributed by atoms with E-state index in [0.717, 1.165) is 22.2 Å². The van der Waals surface area contributed by atoms with E-state index in [0.29, 0.717) is 18.7 Å². The highest BCUT2D eigenvalue weighted by atomic mass is 16.5. The molecule has 1 aliphatic heterocycles. The molecule has 200 valence electrons. The Morgan fingerprint density at radius 1 is 1.11 bits per heavy atom. The zero-order chi connectivity index (χ0) is 27.2. The molecule has 1 fully saturated rings. The summed E-state index contributed by atoms with van der Waals surface area (Å²) in [5.74, 6) is -2.46. The number of fused-ring (bicyclic) bond motifs is 1. The van der Waals surface area contributed by atoms with Crippen molar-refractivity contribution < 1.29 is 29.4 Å². The number of benzene rings is 2. The normalized spacial score (nSPS) is 20.0. The van der Waals surface area contributed by atoms with Crippen molar-refractivity contribution in [3.63, 3.8) is 0 Å². The van der Waals surface area contributed by atoms with Crippen LogP contribution >= 0.6 is 0 Å². The molecule has 10 nitrogen and oxygen atoms in total. The number of rotatable bonds is 8. The molecule has 1 aliphatic rings. The van der Waals surface area contributed by atoms with Crippen LogP contribution in [0.1, 0.15) is 32.3 Å². The number of piperidine rings is 1. The van der Waals surface area contributed by atoms with Crippen LogP contribution < -0.4 is 15.5 Å². The van der Waals surface area contributed by atoms with Crippen molar-refractivity contribution in [3.05, 3.63) is 66.4 Å². The van der Waals surface area contributed by atoms with Crippen molar-refractivity contribution in [3.8, 4) is 5.75 Å². The van der Waals surface area contributed by atoms with Crippen molar-refractivity contribution in [2.24, 2.45) is 17.8 Å². The Bertz CT molecular complexity index is 1290. The van der Waals surface area contributed by atoms with Gasteiger partial charge in [-0.15, -0.1) is 0 Å². The lowest BCUT2D eigenvalue weighted by atomic mass is 9.73. The van der Waals surface area contributed by atoms with Gasteiger partial charge in [0.15, 0.2) is 0 Å². The topological polar surface area (TPSA) is 141 Å². The Kier molecular flexibility index (Phi) is 8.42. The maximum absolute atomic E-state index is 13.3. The molecule has 0 saturated carbocycles. The summed E-state index contributed by atoms with van der Waals surface area (Å²) in [6.45, 7) is 4.18. The van der Waals surface area contributed by atoms with E-state index < -0.39 is 35.8 Å². The van der Waals surface area contributed by atoms with Crippen molar-refractivity contribution in [1.29, 1.82) is 0 Å². The second-order valence-electron chi connectivity index (χ2n) is 9.55. The molecule has 38 heavy (non-hydrogen) atoms. The fourth-order valence-corrected chi connectivity index (χ4v) is 5.15. The molecular weight excluding hydrogens is 488 g/mol. The van der Waals surface area contributed by atoms with Crippen LogP contribution in [0.15, 0.2) is 60.8 Å². The number of pyridine rings is 1. The minimum absolute atomic E-state index is 0.123. The molecule has 0 bridgehead atoms. The van der Waals surface area contributed by atoms with Gasteiger partial charge in [-0.2, -0.15) is 0 Å². The van der Waals surface area contributed by atoms with Gasteiger partial charge in [0, 0.05) is 23.8 Å². The second-order valence-corrected chi connectivity index (χ2v) is 9.55. The third-order valence-electron chi connectivity index (χ3n) is 7.29. The molecule has 3 amide bonds. The fraction of sp³-hybridized carbons (Fsp3) is 0.357. The van der Waals surface area contributed by atoms with E-state index in [2.05, 4.69) is 10.3 Å². The number of nitrogens with one attached hydrogen (secondary N) is 2. The molecule has 0 aliphatic carbocycles. The quantitative estimate of drug-likeness (QED) is 0.256. The van der Waals surface area contributed by atoms with E-state index in [1.54, 1.807) is 23.8 Å². The first-order chi connectivity index (χ1) is 18.3. The SMILES string of the molecule is CCC(C)C1[C@H](C(=O)NO)C(C(=O)Nc2ccc(COc3ccnc4ccccc34)cc2)CCN1C(=O)O. The minimum atomic E-state index is -1.15. The predicted octanol–water partition coefficient (Wildman–Crippen LogP) is 4.29. The van der Waals surface area contributed by atoms with Crippen molar-refractivity contribution in [1.82, 2.24) is 15.4 Å². The van der Waals surface area contributed by atoms with Gasteiger partial charge in [0.1, 0.15) is 12.4 Å². The highest BCUT2D eigenvalue weighted by Crippen LogP contribution is 2.36. The van der Waals surface area contributed by atoms with Crippen LogP contribution in [0.25, 0.3) is 10.9 Å². The first kappa shape index (κ1) is 26.9. The Balaban J connectivity index is 1.45. The molecule has 3 unspecified atom stereocenters. The first-order valence-electron chi connectivity index (χ1n) is 12.6. The molecule has 2 heterocycles. The molecule has 1 aromatic heterocycles. The third kappa shape index (κ3) is 5.70. The number of aromatic nitrogens is 1. The molecule has 1 saturated heterocycles. The smallest absolute Gasteiger partial charge is 0.407 e. The van der Waals surface area contributed by atoms with Crippen LogP contribution in [0, 0.1) is 17.8 Å². The number of carboxylic acid groups (broad SMARTS) is 1. The lowest BCUT2D eigenvalue weighted by molar-refractivity contribution is -0.145. The number of hydrogen-bond donors (Lipinski definition) is 4. The molecule has 3 aromatic rings. The van der Waals surface area contributed by atoms with Gasteiger partial charge in [-0.05, 0) is 48.2 Å². The maximum atomic E-state index is 13.3. The molecule has 0 spiro atoms. The van der Waals surface area contributed by atoms with E-state index in [1.807, 2.05) is 56.3 Å². The van der Waals surface area contributed by atoms with E-state index in [1.165, 1.54) is 4.90 Å². The molecule has 10 heteroatoms. The van der Waals surface area contributed by atoms with Gasteiger partial charge in [0.2, 0.25) is 11.8 Å². The number of carbonyl (C=O) groups is 3.